The van der Waals surface area contributed by atoms with E-state index < -0.39 is 28.3 Å². The van der Waals surface area contributed by atoms with Crippen LogP contribution in [0.2, 0.25) is 0 Å². The lowest BCUT2D eigenvalue weighted by atomic mass is 9.94. The minimum atomic E-state index is -3.84. The van der Waals surface area contributed by atoms with Crippen molar-refractivity contribution < 1.29 is 23.4 Å². The average Bonchev–Trinajstić information content (AvgIpc) is 2.90. The van der Waals surface area contributed by atoms with Gasteiger partial charge in [-0.05, 0) is 36.2 Å². The van der Waals surface area contributed by atoms with Crippen molar-refractivity contribution in [3.63, 3.8) is 0 Å². The Balaban J connectivity index is 1.87. The molecule has 134 valence electrons. The second kappa shape index (κ2) is 7.13. The smallest absolute Gasteiger partial charge is 0.240 e. The zero-order chi connectivity index (χ0) is 18.0. The predicted molar refractivity (Wildman–Crippen MR) is 92.9 cm³/mol. The van der Waals surface area contributed by atoms with Gasteiger partial charge >= 0.3 is 0 Å². The van der Waals surface area contributed by atoms with E-state index in [4.69, 9.17) is 4.74 Å². The second-order valence-electron chi connectivity index (χ2n) is 6.13. The van der Waals surface area contributed by atoms with Gasteiger partial charge in [0.2, 0.25) is 10.0 Å². The Morgan fingerprint density at radius 3 is 2.28 bits per heavy atom. The van der Waals surface area contributed by atoms with Gasteiger partial charge in [-0.1, -0.05) is 30.3 Å². The summed E-state index contributed by atoms with van der Waals surface area (Å²) in [5, 5.41) is 20.3. The summed E-state index contributed by atoms with van der Waals surface area (Å²) in [5.74, 6) is 0.247. The van der Waals surface area contributed by atoms with Crippen molar-refractivity contribution >= 4 is 10.0 Å². The maximum absolute atomic E-state index is 12.7. The van der Waals surface area contributed by atoms with Crippen LogP contribution in [0.5, 0.6) is 5.75 Å². The quantitative estimate of drug-likeness (QED) is 0.743. The van der Waals surface area contributed by atoms with E-state index >= 15 is 0 Å². The van der Waals surface area contributed by atoms with Crippen LogP contribution in [0, 0.1) is 0 Å². The predicted octanol–water partition coefficient (Wildman–Crippen LogP) is 1.25. The molecule has 1 saturated carbocycles. The molecule has 4 unspecified atom stereocenters. The van der Waals surface area contributed by atoms with Gasteiger partial charge < -0.3 is 14.9 Å². The molecule has 0 spiro atoms. The molecule has 0 amide bonds. The average molecular weight is 363 g/mol. The molecule has 0 aliphatic heterocycles. The van der Waals surface area contributed by atoms with Crippen molar-refractivity contribution in [3.8, 4) is 5.75 Å². The molecule has 0 bridgehead atoms. The van der Waals surface area contributed by atoms with Crippen LogP contribution in [0.25, 0.3) is 0 Å². The monoisotopic (exact) mass is 363 g/mol. The van der Waals surface area contributed by atoms with Crippen LogP contribution >= 0.6 is 0 Å². The van der Waals surface area contributed by atoms with Crippen molar-refractivity contribution in [2.45, 2.75) is 35.5 Å². The lowest BCUT2D eigenvalue weighted by Gasteiger charge is -2.23. The van der Waals surface area contributed by atoms with E-state index in [1.165, 1.54) is 19.2 Å². The molecule has 2 aromatic carbocycles. The fourth-order valence-corrected chi connectivity index (χ4v) is 4.51. The zero-order valence-corrected chi connectivity index (χ0v) is 14.6. The first-order valence-corrected chi connectivity index (χ1v) is 9.48. The number of hydrogen-bond donors (Lipinski definition) is 3. The van der Waals surface area contributed by atoms with Gasteiger partial charge in [-0.15, -0.1) is 0 Å². The fraction of sp³-hybridized carbons (Fsp3) is 0.333. The highest BCUT2D eigenvalue weighted by molar-refractivity contribution is 7.89. The lowest BCUT2D eigenvalue weighted by Crippen LogP contribution is -2.45. The van der Waals surface area contributed by atoms with E-state index in [1.807, 2.05) is 30.3 Å². The maximum Gasteiger partial charge on any atom is 0.240 e. The molecule has 0 radical (unpaired) electrons. The first kappa shape index (κ1) is 17.9. The highest BCUT2D eigenvalue weighted by atomic mass is 32.2. The molecule has 7 heteroatoms. The molecule has 1 aliphatic rings. The summed E-state index contributed by atoms with van der Waals surface area (Å²) in [6, 6.07) is 14.5. The molecule has 4 atom stereocenters. The first-order valence-electron chi connectivity index (χ1n) is 8.00. The van der Waals surface area contributed by atoms with Crippen LogP contribution in [-0.2, 0) is 10.0 Å². The van der Waals surface area contributed by atoms with E-state index in [9.17, 15) is 18.6 Å². The van der Waals surface area contributed by atoms with Gasteiger partial charge in [0.15, 0.2) is 0 Å². The van der Waals surface area contributed by atoms with Gasteiger partial charge in [0.1, 0.15) is 5.75 Å². The first-order chi connectivity index (χ1) is 11.9. The van der Waals surface area contributed by atoms with Crippen LogP contribution in [0.15, 0.2) is 59.5 Å². The minimum absolute atomic E-state index is 0.0775. The number of benzene rings is 2. The van der Waals surface area contributed by atoms with Crippen LogP contribution in [0.4, 0.5) is 0 Å². The van der Waals surface area contributed by atoms with Crippen molar-refractivity contribution in [3.05, 3.63) is 60.2 Å². The number of rotatable bonds is 5. The Bertz CT molecular complexity index is 807. The lowest BCUT2D eigenvalue weighted by molar-refractivity contribution is 0.0338. The molecule has 0 heterocycles. The van der Waals surface area contributed by atoms with Crippen molar-refractivity contribution in [1.29, 1.82) is 0 Å². The van der Waals surface area contributed by atoms with Crippen LogP contribution in [0.1, 0.15) is 17.9 Å². The van der Waals surface area contributed by atoms with E-state index in [0.717, 1.165) is 5.56 Å². The fourth-order valence-electron chi connectivity index (χ4n) is 3.22. The summed E-state index contributed by atoms with van der Waals surface area (Å²) in [6.07, 6.45) is -1.85. The topological polar surface area (TPSA) is 95.9 Å². The summed E-state index contributed by atoms with van der Waals surface area (Å²) in [4.78, 5) is 0.0775. The van der Waals surface area contributed by atoms with Crippen LogP contribution in [0.3, 0.4) is 0 Å². The minimum Gasteiger partial charge on any atom is -0.497 e. The molecule has 0 aromatic heterocycles. The number of ether oxygens (including phenoxy) is 1. The largest absolute Gasteiger partial charge is 0.497 e. The molecular weight excluding hydrogens is 342 g/mol. The van der Waals surface area contributed by atoms with Gasteiger partial charge in [-0.3, -0.25) is 0 Å². The summed E-state index contributed by atoms with van der Waals surface area (Å²) in [7, 11) is -2.34. The third kappa shape index (κ3) is 3.69. The van der Waals surface area contributed by atoms with Gasteiger partial charge in [0.25, 0.3) is 0 Å². The summed E-state index contributed by atoms with van der Waals surface area (Å²) >= 11 is 0. The molecule has 25 heavy (non-hydrogen) atoms. The normalized spacial score (nSPS) is 26.5. The van der Waals surface area contributed by atoms with Gasteiger partial charge in [0, 0.05) is 5.92 Å². The van der Waals surface area contributed by atoms with Gasteiger partial charge in [0.05, 0.1) is 30.3 Å². The third-order valence-corrected chi connectivity index (χ3v) is 6.06. The highest BCUT2D eigenvalue weighted by Gasteiger charge is 2.44. The summed E-state index contributed by atoms with van der Waals surface area (Å²) in [6.45, 7) is 0. The number of sulfonamides is 1. The summed E-state index contributed by atoms with van der Waals surface area (Å²) < 4.78 is 32.9. The zero-order valence-electron chi connectivity index (χ0n) is 13.7. The number of nitrogens with one attached hydrogen (secondary N) is 1. The Morgan fingerprint density at radius 2 is 1.68 bits per heavy atom. The number of methoxy groups -OCH3 is 1. The second-order valence-corrected chi connectivity index (χ2v) is 7.85. The number of hydrogen-bond acceptors (Lipinski definition) is 5. The Morgan fingerprint density at radius 1 is 1.04 bits per heavy atom. The Labute approximate surface area is 147 Å². The molecule has 3 rings (SSSR count). The van der Waals surface area contributed by atoms with E-state index in [-0.39, 0.29) is 10.8 Å². The molecule has 1 aliphatic carbocycles. The highest BCUT2D eigenvalue weighted by Crippen LogP contribution is 2.36. The molecule has 3 N–H and O–H groups in total. The Kier molecular flexibility index (Phi) is 5.10. The number of aliphatic hydroxyl groups excluding tert-OH is 2. The SMILES string of the molecule is COc1ccc(S(=O)(=O)NC2C(c3ccccc3)CC(O)C2O)cc1. The number of aliphatic hydroxyl groups is 2. The molecule has 2 aromatic rings. The molecule has 6 nitrogen and oxygen atoms in total. The van der Waals surface area contributed by atoms with Crippen molar-refractivity contribution in [2.75, 3.05) is 7.11 Å². The molecular formula is C18H21NO5S. The van der Waals surface area contributed by atoms with E-state index in [0.29, 0.717) is 12.2 Å². The van der Waals surface area contributed by atoms with E-state index in [2.05, 4.69) is 4.72 Å². The van der Waals surface area contributed by atoms with Crippen molar-refractivity contribution in [2.24, 2.45) is 0 Å². The third-order valence-electron chi connectivity index (χ3n) is 4.58. The summed E-state index contributed by atoms with van der Waals surface area (Å²) in [5.41, 5.74) is 0.875. The Hall–Kier alpha value is -1.93. The van der Waals surface area contributed by atoms with Crippen molar-refractivity contribution in [1.82, 2.24) is 4.72 Å². The van der Waals surface area contributed by atoms with E-state index in [1.54, 1.807) is 12.1 Å². The van der Waals surface area contributed by atoms with Gasteiger partial charge in [-0.25, -0.2) is 13.1 Å². The molecule has 1 fully saturated rings. The van der Waals surface area contributed by atoms with Crippen LogP contribution in [-0.4, -0.2) is 44.0 Å². The standard InChI is InChI=1S/C18H21NO5S/c1-24-13-7-9-14(10-8-13)25(22,23)19-17-15(11-16(20)18(17)21)12-5-3-2-4-6-12/h2-10,15-21H,11H2,1H3. The molecule has 0 saturated heterocycles. The maximum atomic E-state index is 12.7. The van der Waals surface area contributed by atoms with Crippen LogP contribution < -0.4 is 9.46 Å². The van der Waals surface area contributed by atoms with Gasteiger partial charge in [-0.2, -0.15) is 0 Å².